The third-order valence-electron chi connectivity index (χ3n) is 5.89. The van der Waals surface area contributed by atoms with E-state index in [2.05, 4.69) is 15.3 Å². The van der Waals surface area contributed by atoms with Gasteiger partial charge >= 0.3 is 5.97 Å². The molecule has 2 heterocycles. The second-order valence-electron chi connectivity index (χ2n) is 9.15. The lowest BCUT2D eigenvalue weighted by molar-refractivity contribution is 0.0482. The number of aromatic nitrogens is 2. The first-order valence-corrected chi connectivity index (χ1v) is 13.7. The molecule has 4 aromatic rings. The van der Waals surface area contributed by atoms with Gasteiger partial charge in [-0.3, -0.25) is 0 Å². The Labute approximate surface area is 241 Å². The highest BCUT2D eigenvalue weighted by Gasteiger charge is 2.12. The molecule has 0 saturated carbocycles. The van der Waals surface area contributed by atoms with E-state index in [1.165, 1.54) is 30.0 Å². The number of anilines is 1. The van der Waals surface area contributed by atoms with Crippen LogP contribution >= 0.6 is 23.4 Å². The number of hydrogen-bond acceptors (Lipinski definition) is 8. The smallest absolute Gasteiger partial charge is 0.338 e. The number of nitrogens with one attached hydrogen (secondary N) is 2. The Kier molecular flexibility index (Phi) is 9.70. The fourth-order valence-electron chi connectivity index (χ4n) is 3.72. The van der Waals surface area contributed by atoms with Gasteiger partial charge in [-0.2, -0.15) is 0 Å². The predicted octanol–water partition coefficient (Wildman–Crippen LogP) is 5.55. The number of thioether (sulfide) groups is 1. The van der Waals surface area contributed by atoms with Gasteiger partial charge in [0.05, 0.1) is 22.0 Å². The minimum Gasteiger partial charge on any atom is -0.461 e. The van der Waals surface area contributed by atoms with Crippen LogP contribution < -0.4 is 16.8 Å². The highest BCUT2D eigenvalue weighted by Crippen LogP contribution is 2.28. The van der Waals surface area contributed by atoms with Crippen molar-refractivity contribution in [1.29, 1.82) is 0 Å². The van der Waals surface area contributed by atoms with E-state index in [-0.39, 0.29) is 17.2 Å². The number of fused-ring (bicyclic) bond motifs is 1. The number of allylic oxidation sites excluding steroid dienone is 1. The summed E-state index contributed by atoms with van der Waals surface area (Å²) in [5, 5.41) is 4.97. The number of halogens is 2. The Hall–Kier alpha value is -3.99. The molecule has 0 radical (unpaired) electrons. The number of carbonyl (C=O) groups excluding carboxylic acids is 1. The molecule has 0 amide bonds. The number of aromatic amines is 1. The maximum atomic E-state index is 14.5. The van der Waals surface area contributed by atoms with E-state index in [1.807, 2.05) is 43.3 Å². The zero-order chi connectivity index (χ0) is 28.6. The zero-order valence-electron chi connectivity index (χ0n) is 22.1. The molecule has 0 unspecified atom stereocenters. The number of nitrogens with zero attached hydrogens (tertiary/aromatic N) is 2. The Morgan fingerprint density at radius 3 is 2.70 bits per heavy atom. The van der Waals surface area contributed by atoms with Crippen LogP contribution in [0.25, 0.3) is 16.7 Å². The molecule has 0 aliphatic carbocycles. The monoisotopic (exact) mass is 580 g/mol. The van der Waals surface area contributed by atoms with Crippen molar-refractivity contribution in [3.8, 4) is 0 Å². The van der Waals surface area contributed by atoms with Crippen LogP contribution in [-0.4, -0.2) is 48.1 Å². The molecule has 0 bridgehead atoms. The van der Waals surface area contributed by atoms with Gasteiger partial charge in [0.2, 0.25) is 0 Å². The molecule has 2 aromatic heterocycles. The summed E-state index contributed by atoms with van der Waals surface area (Å²) in [6, 6.07) is 15.1. The minimum absolute atomic E-state index is 0.155. The number of esters is 1. The molecule has 0 fully saturated rings. The number of ether oxygens (including phenoxy) is 1. The summed E-state index contributed by atoms with van der Waals surface area (Å²) >= 11 is 7.45. The molecule has 2 aromatic carbocycles. The van der Waals surface area contributed by atoms with Crippen LogP contribution in [0, 0.1) is 5.82 Å². The zero-order valence-corrected chi connectivity index (χ0v) is 23.7. The van der Waals surface area contributed by atoms with Gasteiger partial charge in [-0.25, -0.2) is 14.2 Å². The van der Waals surface area contributed by atoms with Gasteiger partial charge in [0.1, 0.15) is 18.1 Å². The number of hydrogen-bond donors (Lipinski definition) is 4. The van der Waals surface area contributed by atoms with E-state index < -0.39 is 5.82 Å². The first-order valence-electron chi connectivity index (χ1n) is 12.4. The summed E-state index contributed by atoms with van der Waals surface area (Å²) < 4.78 is 19.8. The largest absolute Gasteiger partial charge is 0.461 e. The fraction of sp³-hybridized carbons (Fsp3) is 0.172. The molecule has 4 rings (SSSR count). The quantitative estimate of drug-likeness (QED) is 0.135. The van der Waals surface area contributed by atoms with Crippen LogP contribution in [0.5, 0.6) is 0 Å². The van der Waals surface area contributed by atoms with Crippen molar-refractivity contribution in [1.82, 2.24) is 14.9 Å². The third kappa shape index (κ3) is 7.56. The SMILES string of the molecule is CN(C)CCOC(=O)c1ccc(CS/C(N)=C(/C=C(\N)c2cc(Cl)ccc2F)Nc2ccnc3[nH]ccc23)cc1. The van der Waals surface area contributed by atoms with Crippen molar-refractivity contribution < 1.29 is 13.9 Å². The highest BCUT2D eigenvalue weighted by atomic mass is 35.5. The maximum absolute atomic E-state index is 14.5. The van der Waals surface area contributed by atoms with Gasteiger partial charge in [0.25, 0.3) is 0 Å². The molecule has 0 aliphatic rings. The van der Waals surface area contributed by atoms with Gasteiger partial charge in [0, 0.05) is 46.4 Å². The molecule has 0 saturated heterocycles. The van der Waals surface area contributed by atoms with Crippen LogP contribution in [0.15, 0.2) is 83.8 Å². The van der Waals surface area contributed by atoms with E-state index in [0.29, 0.717) is 45.9 Å². The topological polar surface area (TPSA) is 122 Å². The Bertz CT molecular complexity index is 1550. The van der Waals surface area contributed by atoms with E-state index in [0.717, 1.165) is 16.6 Å². The first kappa shape index (κ1) is 29.0. The van der Waals surface area contributed by atoms with Gasteiger partial charge in [-0.1, -0.05) is 23.7 Å². The van der Waals surface area contributed by atoms with Gasteiger partial charge in [-0.15, -0.1) is 11.8 Å². The maximum Gasteiger partial charge on any atom is 0.338 e. The summed E-state index contributed by atoms with van der Waals surface area (Å²) in [4.78, 5) is 21.6. The van der Waals surface area contributed by atoms with Crippen LogP contribution in [0.4, 0.5) is 10.1 Å². The lowest BCUT2D eigenvalue weighted by Gasteiger charge is -2.14. The van der Waals surface area contributed by atoms with Crippen LogP contribution in [-0.2, 0) is 10.5 Å². The molecule has 208 valence electrons. The Morgan fingerprint density at radius 1 is 1.18 bits per heavy atom. The highest BCUT2D eigenvalue weighted by molar-refractivity contribution is 8.02. The van der Waals surface area contributed by atoms with Crippen LogP contribution in [0.1, 0.15) is 21.5 Å². The first-order chi connectivity index (χ1) is 19.2. The lowest BCUT2D eigenvalue weighted by Crippen LogP contribution is -2.20. The molecule has 0 atom stereocenters. The average Bonchev–Trinajstić information content (AvgIpc) is 3.42. The van der Waals surface area contributed by atoms with Crippen molar-refractivity contribution >= 4 is 51.7 Å². The van der Waals surface area contributed by atoms with Crippen molar-refractivity contribution in [3.63, 3.8) is 0 Å². The number of benzene rings is 2. The normalized spacial score (nSPS) is 12.5. The molecular weight excluding hydrogens is 551 g/mol. The number of carbonyl (C=O) groups is 1. The molecule has 40 heavy (non-hydrogen) atoms. The molecule has 8 nitrogen and oxygen atoms in total. The number of nitrogens with two attached hydrogens (primary N) is 2. The van der Waals surface area contributed by atoms with E-state index in [9.17, 15) is 9.18 Å². The number of likely N-dealkylation sites (N-methyl/N-ethyl adjacent to an activating group) is 1. The molecule has 0 aliphatic heterocycles. The van der Waals surface area contributed by atoms with Crippen LogP contribution in [0.2, 0.25) is 5.02 Å². The second kappa shape index (κ2) is 13.4. The van der Waals surface area contributed by atoms with Gasteiger partial charge in [-0.05, 0) is 68.2 Å². The van der Waals surface area contributed by atoms with Crippen molar-refractivity contribution in [2.45, 2.75) is 5.75 Å². The molecule has 6 N–H and O–H groups in total. The van der Waals surface area contributed by atoms with Crippen LogP contribution in [0.3, 0.4) is 0 Å². The Balaban J connectivity index is 1.56. The molecule has 11 heteroatoms. The molecule has 0 spiro atoms. The summed E-state index contributed by atoms with van der Waals surface area (Å²) in [6.07, 6.45) is 5.04. The lowest BCUT2D eigenvalue weighted by atomic mass is 10.1. The number of rotatable bonds is 11. The van der Waals surface area contributed by atoms with Crippen molar-refractivity contribution in [2.24, 2.45) is 11.5 Å². The predicted molar refractivity (Wildman–Crippen MR) is 161 cm³/mol. The average molecular weight is 581 g/mol. The summed E-state index contributed by atoms with van der Waals surface area (Å²) in [6.45, 7) is 0.975. The number of pyridine rings is 1. The third-order valence-corrected chi connectivity index (χ3v) is 7.13. The summed E-state index contributed by atoms with van der Waals surface area (Å²) in [5.74, 6) is -0.350. The number of H-pyrrole nitrogens is 1. The van der Waals surface area contributed by atoms with E-state index in [4.69, 9.17) is 27.8 Å². The minimum atomic E-state index is -0.499. The van der Waals surface area contributed by atoms with Crippen molar-refractivity contribution in [3.05, 3.63) is 111 Å². The Morgan fingerprint density at radius 2 is 1.95 bits per heavy atom. The van der Waals surface area contributed by atoms with E-state index >= 15 is 0 Å². The fourth-order valence-corrected chi connectivity index (χ4v) is 4.67. The van der Waals surface area contributed by atoms with Gasteiger partial charge in [0.15, 0.2) is 0 Å². The molecular formula is C29H30ClFN6O2S. The van der Waals surface area contributed by atoms with E-state index in [1.54, 1.807) is 30.6 Å². The standard InChI is InChI=1S/C29H30ClFN6O2S/c1-37(2)13-14-39-29(38)19-5-3-18(4-6-19)17-40-27(33)26(16-24(32)22-15-20(30)7-8-23(22)31)36-25-10-12-35-28-21(25)9-11-34-28/h3-12,15-16H,13-14,17,32-33H2,1-2H3,(H2,34,35,36)/b24-16-,27-26-. The second-order valence-corrected chi connectivity index (χ2v) is 10.6. The summed E-state index contributed by atoms with van der Waals surface area (Å²) in [7, 11) is 3.83. The summed E-state index contributed by atoms with van der Waals surface area (Å²) in [5.41, 5.74) is 16.5. The van der Waals surface area contributed by atoms with Gasteiger partial charge < -0.3 is 31.4 Å². The van der Waals surface area contributed by atoms with Crippen molar-refractivity contribution in [2.75, 3.05) is 32.6 Å².